The van der Waals surface area contributed by atoms with Crippen LogP contribution in [0.1, 0.15) is 30.8 Å². The zero-order chi connectivity index (χ0) is 11.8. The number of rotatable bonds is 4. The normalized spacial score (nSPS) is 17.1. The maximum absolute atomic E-state index is 10.7. The van der Waals surface area contributed by atoms with Crippen LogP contribution in [0.2, 0.25) is 0 Å². The van der Waals surface area contributed by atoms with Crippen molar-refractivity contribution >= 4 is 6.03 Å². The number of nitrogens with zero attached hydrogens (tertiary/aromatic N) is 1. The van der Waals surface area contributed by atoms with E-state index < -0.39 is 6.03 Å². The summed E-state index contributed by atoms with van der Waals surface area (Å²) in [6, 6.07) is 3.08. The molecule has 1 aromatic heterocycles. The molecular weight excluding hydrogens is 208 g/mol. The number of hydroxylamine groups is 2. The third-order valence-corrected chi connectivity index (χ3v) is 3.17. The van der Waals surface area contributed by atoms with Crippen LogP contribution < -0.4 is 5.73 Å². The topological polar surface area (TPSA) is 79.7 Å². The molecule has 2 rings (SSSR count). The largest absolute Gasteiger partial charge is 0.466 e. The quantitative estimate of drug-likeness (QED) is 0.604. The van der Waals surface area contributed by atoms with Crippen LogP contribution in [0.5, 0.6) is 0 Å². The number of amides is 2. The predicted octanol–water partition coefficient (Wildman–Crippen LogP) is 1.78. The first-order valence-corrected chi connectivity index (χ1v) is 5.36. The number of urea groups is 1. The van der Waals surface area contributed by atoms with Crippen molar-refractivity contribution in [3.8, 4) is 0 Å². The van der Waals surface area contributed by atoms with Crippen molar-refractivity contribution in [2.24, 2.45) is 5.73 Å². The van der Waals surface area contributed by atoms with Crippen molar-refractivity contribution in [3.05, 3.63) is 23.7 Å². The molecule has 88 valence electrons. The lowest BCUT2D eigenvalue weighted by Gasteiger charge is -2.16. The van der Waals surface area contributed by atoms with Crippen molar-refractivity contribution < 1.29 is 14.4 Å². The molecule has 0 spiro atoms. The summed E-state index contributed by atoms with van der Waals surface area (Å²) >= 11 is 0. The highest BCUT2D eigenvalue weighted by atomic mass is 16.5. The molecule has 5 heteroatoms. The van der Waals surface area contributed by atoms with Crippen molar-refractivity contribution in [1.82, 2.24) is 5.06 Å². The molecule has 1 aliphatic rings. The van der Waals surface area contributed by atoms with E-state index in [-0.39, 0.29) is 12.0 Å². The predicted molar refractivity (Wildman–Crippen MR) is 57.0 cm³/mol. The van der Waals surface area contributed by atoms with Crippen LogP contribution in [0, 0.1) is 6.92 Å². The van der Waals surface area contributed by atoms with Crippen LogP contribution in [0.3, 0.4) is 0 Å². The van der Waals surface area contributed by atoms with Crippen molar-refractivity contribution in [2.75, 3.05) is 6.54 Å². The number of hydrogen-bond acceptors (Lipinski definition) is 3. The fraction of sp³-hybridized carbons (Fsp3) is 0.545. The number of carbonyl (C=O) groups excluding carboxylic acids is 1. The minimum atomic E-state index is -0.813. The van der Waals surface area contributed by atoms with Crippen LogP contribution in [0.15, 0.2) is 16.5 Å². The van der Waals surface area contributed by atoms with Gasteiger partial charge in [-0.25, -0.2) is 9.86 Å². The summed E-state index contributed by atoms with van der Waals surface area (Å²) in [5.74, 6) is 1.83. The Bertz CT molecular complexity index is 396. The average molecular weight is 224 g/mol. The molecule has 0 aliphatic heterocycles. The molecule has 0 unspecified atom stereocenters. The Labute approximate surface area is 93.8 Å². The van der Waals surface area contributed by atoms with Gasteiger partial charge in [-0.1, -0.05) is 0 Å². The third-order valence-electron chi connectivity index (χ3n) is 3.17. The second kappa shape index (κ2) is 3.83. The second-order valence-electron chi connectivity index (χ2n) is 4.40. The molecule has 16 heavy (non-hydrogen) atoms. The summed E-state index contributed by atoms with van der Waals surface area (Å²) in [5.41, 5.74) is 4.95. The molecular formula is C11H16N2O3. The number of hydrogen-bond donors (Lipinski definition) is 2. The van der Waals surface area contributed by atoms with Gasteiger partial charge in [0.1, 0.15) is 11.5 Å². The van der Waals surface area contributed by atoms with Gasteiger partial charge in [0.05, 0.1) is 6.54 Å². The van der Waals surface area contributed by atoms with Gasteiger partial charge < -0.3 is 10.2 Å². The molecule has 5 nitrogen and oxygen atoms in total. The fourth-order valence-electron chi connectivity index (χ4n) is 1.92. The van der Waals surface area contributed by atoms with Gasteiger partial charge in [-0.05, 0) is 38.3 Å². The Hall–Kier alpha value is -1.49. The molecule has 1 fully saturated rings. The molecule has 0 radical (unpaired) electrons. The van der Waals surface area contributed by atoms with E-state index in [9.17, 15) is 10.0 Å². The van der Waals surface area contributed by atoms with E-state index in [4.69, 9.17) is 10.2 Å². The number of carbonyl (C=O) groups is 1. The van der Waals surface area contributed by atoms with E-state index in [2.05, 4.69) is 0 Å². The van der Waals surface area contributed by atoms with Gasteiger partial charge in [0.15, 0.2) is 0 Å². The molecule has 0 saturated heterocycles. The van der Waals surface area contributed by atoms with Gasteiger partial charge in [-0.2, -0.15) is 0 Å². The molecule has 1 heterocycles. The Balaban J connectivity index is 1.97. The van der Waals surface area contributed by atoms with E-state index in [1.807, 2.05) is 19.1 Å². The minimum Gasteiger partial charge on any atom is -0.466 e. The van der Waals surface area contributed by atoms with Crippen LogP contribution in [0.4, 0.5) is 4.79 Å². The number of furan rings is 1. The van der Waals surface area contributed by atoms with E-state index in [1.54, 1.807) is 0 Å². The fourth-order valence-corrected chi connectivity index (χ4v) is 1.92. The van der Waals surface area contributed by atoms with E-state index >= 15 is 0 Å². The van der Waals surface area contributed by atoms with Crippen LogP contribution >= 0.6 is 0 Å². The molecule has 1 aromatic rings. The Kier molecular flexibility index (Phi) is 2.63. The lowest BCUT2D eigenvalue weighted by Crippen LogP contribution is -2.34. The maximum atomic E-state index is 10.7. The van der Waals surface area contributed by atoms with Crippen LogP contribution in [-0.4, -0.2) is 22.8 Å². The second-order valence-corrected chi connectivity index (χ2v) is 4.40. The third kappa shape index (κ3) is 2.04. The highest BCUT2D eigenvalue weighted by molar-refractivity contribution is 5.70. The van der Waals surface area contributed by atoms with Crippen LogP contribution in [0.25, 0.3) is 0 Å². The van der Waals surface area contributed by atoms with E-state index in [0.717, 1.165) is 24.4 Å². The first kappa shape index (κ1) is 11.0. The Morgan fingerprint density at radius 3 is 2.75 bits per heavy atom. The van der Waals surface area contributed by atoms with Gasteiger partial charge in [0.25, 0.3) is 0 Å². The lowest BCUT2D eigenvalue weighted by molar-refractivity contribution is -0.0421. The Morgan fingerprint density at radius 2 is 2.31 bits per heavy atom. The van der Waals surface area contributed by atoms with Gasteiger partial charge in [0.2, 0.25) is 0 Å². The van der Waals surface area contributed by atoms with Gasteiger partial charge in [-0.15, -0.1) is 0 Å². The zero-order valence-corrected chi connectivity index (χ0v) is 9.27. The van der Waals surface area contributed by atoms with Crippen molar-refractivity contribution in [3.63, 3.8) is 0 Å². The molecule has 1 aliphatic carbocycles. The van der Waals surface area contributed by atoms with Crippen molar-refractivity contribution in [2.45, 2.75) is 31.6 Å². The summed E-state index contributed by atoms with van der Waals surface area (Å²) in [6.45, 7) is 2.15. The summed E-state index contributed by atoms with van der Waals surface area (Å²) in [5, 5.41) is 9.75. The van der Waals surface area contributed by atoms with Crippen LogP contribution in [-0.2, 0) is 5.41 Å². The first-order chi connectivity index (χ1) is 7.53. The molecule has 0 bridgehead atoms. The molecule has 3 N–H and O–H groups in total. The van der Waals surface area contributed by atoms with Gasteiger partial charge in [0, 0.05) is 5.41 Å². The average Bonchev–Trinajstić information content (AvgIpc) is 2.91. The Morgan fingerprint density at radius 1 is 1.62 bits per heavy atom. The monoisotopic (exact) mass is 224 g/mol. The summed E-state index contributed by atoms with van der Waals surface area (Å²) < 4.78 is 5.59. The molecule has 0 atom stereocenters. The highest BCUT2D eigenvalue weighted by Crippen LogP contribution is 2.51. The number of primary amides is 1. The van der Waals surface area contributed by atoms with Crippen molar-refractivity contribution in [1.29, 1.82) is 0 Å². The molecule has 2 amide bonds. The van der Waals surface area contributed by atoms with E-state index in [1.165, 1.54) is 0 Å². The molecule has 1 saturated carbocycles. The number of aryl methyl sites for hydroxylation is 1. The standard InChI is InChI=1S/C11H16N2O3/c1-8-2-3-9(16-8)11(4-5-11)6-7-13(15)10(12)14/h2-3,15H,4-7H2,1H3,(H2,12,14). The van der Waals surface area contributed by atoms with E-state index in [0.29, 0.717) is 11.5 Å². The summed E-state index contributed by atoms with van der Waals surface area (Å²) in [4.78, 5) is 10.7. The summed E-state index contributed by atoms with van der Waals surface area (Å²) in [7, 11) is 0. The van der Waals surface area contributed by atoms with Gasteiger partial charge in [-0.3, -0.25) is 5.21 Å². The minimum absolute atomic E-state index is 0.00465. The first-order valence-electron chi connectivity index (χ1n) is 5.36. The lowest BCUT2D eigenvalue weighted by atomic mass is 9.99. The highest BCUT2D eigenvalue weighted by Gasteiger charge is 2.46. The number of nitrogens with two attached hydrogens (primary N) is 1. The summed E-state index contributed by atoms with van der Waals surface area (Å²) in [6.07, 6.45) is 2.75. The zero-order valence-electron chi connectivity index (χ0n) is 9.27. The smallest absolute Gasteiger partial charge is 0.338 e. The molecule has 0 aromatic carbocycles. The SMILES string of the molecule is Cc1ccc(C2(CCN(O)C(N)=O)CC2)o1. The maximum Gasteiger partial charge on any atom is 0.338 e. The van der Waals surface area contributed by atoms with Gasteiger partial charge >= 0.3 is 6.03 Å².